The highest BCUT2D eigenvalue weighted by molar-refractivity contribution is 5.85. The van der Waals surface area contributed by atoms with Gasteiger partial charge in [0.2, 0.25) is 5.91 Å². The van der Waals surface area contributed by atoms with Crippen LogP contribution in [-0.2, 0) is 16.1 Å². The van der Waals surface area contributed by atoms with Crippen molar-refractivity contribution >= 4 is 11.8 Å². The van der Waals surface area contributed by atoms with Crippen LogP contribution in [0, 0.1) is 0 Å². The van der Waals surface area contributed by atoms with Crippen LogP contribution in [0.15, 0.2) is 30.3 Å². The molecule has 0 unspecified atom stereocenters. The first-order valence-corrected chi connectivity index (χ1v) is 7.39. The highest BCUT2D eigenvalue weighted by Crippen LogP contribution is 2.23. The summed E-state index contributed by atoms with van der Waals surface area (Å²) >= 11 is 0. The van der Waals surface area contributed by atoms with E-state index < -0.39 is 17.6 Å². The lowest BCUT2D eigenvalue weighted by Crippen LogP contribution is -2.50. The highest BCUT2D eigenvalue weighted by atomic mass is 16.3. The lowest BCUT2D eigenvalue weighted by atomic mass is 10.0. The van der Waals surface area contributed by atoms with Crippen molar-refractivity contribution in [3.63, 3.8) is 0 Å². The number of likely N-dealkylation sites (tertiary alicyclic amines) is 1. The first-order chi connectivity index (χ1) is 10.3. The number of hydrogen-bond donors (Lipinski definition) is 2. The lowest BCUT2D eigenvalue weighted by Gasteiger charge is -2.28. The van der Waals surface area contributed by atoms with E-state index in [4.69, 9.17) is 5.73 Å². The zero-order valence-corrected chi connectivity index (χ0v) is 13.0. The van der Waals surface area contributed by atoms with Gasteiger partial charge in [-0.2, -0.15) is 0 Å². The van der Waals surface area contributed by atoms with Gasteiger partial charge >= 0.3 is 0 Å². The van der Waals surface area contributed by atoms with Gasteiger partial charge < -0.3 is 15.7 Å². The first kappa shape index (κ1) is 16.5. The second-order valence-electron chi connectivity index (χ2n) is 5.97. The van der Waals surface area contributed by atoms with E-state index >= 15 is 0 Å². The van der Waals surface area contributed by atoms with Gasteiger partial charge in [-0.25, -0.2) is 0 Å². The number of carbonyl (C=O) groups is 2. The van der Waals surface area contributed by atoms with E-state index in [1.807, 2.05) is 30.3 Å². The number of aliphatic hydroxyl groups is 1. The van der Waals surface area contributed by atoms with Gasteiger partial charge in [0.1, 0.15) is 0 Å². The van der Waals surface area contributed by atoms with Gasteiger partial charge in [0.15, 0.2) is 5.60 Å². The fourth-order valence-electron chi connectivity index (χ4n) is 2.76. The van der Waals surface area contributed by atoms with Crippen LogP contribution in [-0.4, -0.2) is 58.5 Å². The summed E-state index contributed by atoms with van der Waals surface area (Å²) in [7, 11) is 1.75. The molecule has 2 amide bonds. The third kappa shape index (κ3) is 3.45. The summed E-state index contributed by atoms with van der Waals surface area (Å²) in [5.41, 5.74) is 4.76. The van der Waals surface area contributed by atoms with Crippen LogP contribution in [0.3, 0.4) is 0 Å². The van der Waals surface area contributed by atoms with Gasteiger partial charge in [0.05, 0.1) is 6.04 Å². The molecule has 1 heterocycles. The Balaban J connectivity index is 1.96. The summed E-state index contributed by atoms with van der Waals surface area (Å²) in [6, 6.07) is 9.34. The predicted octanol–water partition coefficient (Wildman–Crippen LogP) is -0.0444. The highest BCUT2D eigenvalue weighted by Gasteiger charge is 2.44. The first-order valence-electron chi connectivity index (χ1n) is 7.39. The molecule has 1 aromatic rings. The summed E-state index contributed by atoms with van der Waals surface area (Å²) < 4.78 is 0. The van der Waals surface area contributed by atoms with E-state index in [1.54, 1.807) is 23.8 Å². The molecule has 6 nitrogen and oxygen atoms in total. The number of rotatable bonds is 5. The predicted molar refractivity (Wildman–Crippen MR) is 82.7 cm³/mol. The smallest absolute Gasteiger partial charge is 0.250 e. The Labute approximate surface area is 130 Å². The number of hydrogen-bond acceptors (Lipinski definition) is 4. The quantitative estimate of drug-likeness (QED) is 0.799. The molecule has 0 saturated carbocycles. The molecular formula is C16H23N3O3. The molecule has 1 aromatic carbocycles. The largest absolute Gasteiger partial charge is 0.379 e. The molecular weight excluding hydrogens is 282 g/mol. The minimum atomic E-state index is -1.52. The van der Waals surface area contributed by atoms with Crippen molar-refractivity contribution in [1.82, 2.24) is 9.80 Å². The number of nitrogens with two attached hydrogens (primary N) is 1. The number of likely N-dealkylation sites (N-methyl/N-ethyl adjacent to an activating group) is 1. The van der Waals surface area contributed by atoms with E-state index in [0.717, 1.165) is 5.56 Å². The van der Waals surface area contributed by atoms with Crippen molar-refractivity contribution in [3.8, 4) is 0 Å². The number of β-amino-alcohol motifs (C(OH)–C–C–N with tert-alkyl or cyclic N) is 1. The monoisotopic (exact) mass is 305 g/mol. The number of nitrogens with zero attached hydrogens (tertiary/aromatic N) is 2. The molecule has 6 heteroatoms. The van der Waals surface area contributed by atoms with Crippen molar-refractivity contribution in [2.45, 2.75) is 31.5 Å². The van der Waals surface area contributed by atoms with Crippen LogP contribution < -0.4 is 5.73 Å². The molecule has 1 saturated heterocycles. The topological polar surface area (TPSA) is 86.9 Å². The number of carbonyl (C=O) groups excluding carboxylic acids is 2. The molecule has 22 heavy (non-hydrogen) atoms. The fourth-order valence-corrected chi connectivity index (χ4v) is 2.76. The van der Waals surface area contributed by atoms with E-state index in [-0.39, 0.29) is 18.9 Å². The minimum absolute atomic E-state index is 0.0439. The van der Waals surface area contributed by atoms with Crippen LogP contribution in [0.1, 0.15) is 18.9 Å². The van der Waals surface area contributed by atoms with Crippen molar-refractivity contribution in [2.24, 2.45) is 5.73 Å². The van der Waals surface area contributed by atoms with Gasteiger partial charge in [-0.1, -0.05) is 30.3 Å². The van der Waals surface area contributed by atoms with Crippen molar-refractivity contribution in [3.05, 3.63) is 35.9 Å². The van der Waals surface area contributed by atoms with Crippen molar-refractivity contribution in [2.75, 3.05) is 20.1 Å². The second kappa shape index (κ2) is 6.46. The summed E-state index contributed by atoms with van der Waals surface area (Å²) in [6.45, 7) is 2.90. The summed E-state index contributed by atoms with van der Waals surface area (Å²) in [5.74, 6) is -0.773. The Hall–Kier alpha value is -1.92. The molecule has 3 N–H and O–H groups in total. The summed E-state index contributed by atoms with van der Waals surface area (Å²) in [5, 5.41) is 10.1. The minimum Gasteiger partial charge on any atom is -0.379 e. The third-order valence-corrected chi connectivity index (χ3v) is 4.28. The Morgan fingerprint density at radius 2 is 2.05 bits per heavy atom. The molecule has 0 aromatic heterocycles. The van der Waals surface area contributed by atoms with Gasteiger partial charge in [0, 0.05) is 26.7 Å². The molecule has 2 atom stereocenters. The average molecular weight is 305 g/mol. The van der Waals surface area contributed by atoms with Crippen molar-refractivity contribution in [1.29, 1.82) is 0 Å². The van der Waals surface area contributed by atoms with Gasteiger partial charge in [-0.15, -0.1) is 0 Å². The Kier molecular flexibility index (Phi) is 4.83. The molecule has 1 aliphatic rings. The van der Waals surface area contributed by atoms with E-state index in [0.29, 0.717) is 13.1 Å². The second-order valence-corrected chi connectivity index (χ2v) is 5.97. The molecule has 1 aliphatic heterocycles. The standard InChI is InChI=1S/C16H23N3O3/c1-12(19-9-8-16(22,11-19)15(17)21)14(20)18(2)10-13-6-4-3-5-7-13/h3-7,12,22H,8-11H2,1-2H3,(H2,17,21)/t12-,16-/m1/s1. The third-order valence-electron chi connectivity index (χ3n) is 4.28. The van der Waals surface area contributed by atoms with Crippen LogP contribution in [0.5, 0.6) is 0 Å². The lowest BCUT2D eigenvalue weighted by molar-refractivity contribution is -0.138. The van der Waals surface area contributed by atoms with E-state index in [2.05, 4.69) is 0 Å². The van der Waals surface area contributed by atoms with Crippen LogP contribution in [0.2, 0.25) is 0 Å². The molecule has 2 rings (SSSR count). The average Bonchev–Trinajstić information content (AvgIpc) is 2.90. The molecule has 0 spiro atoms. The zero-order chi connectivity index (χ0) is 16.3. The Morgan fingerprint density at radius 3 is 2.59 bits per heavy atom. The summed E-state index contributed by atoms with van der Waals surface area (Å²) in [6.07, 6.45) is 0.266. The summed E-state index contributed by atoms with van der Waals surface area (Å²) in [4.78, 5) is 27.2. The normalized spacial score (nSPS) is 23.2. The number of primary amides is 1. The number of amides is 2. The molecule has 0 aliphatic carbocycles. The maximum atomic E-state index is 12.5. The zero-order valence-electron chi connectivity index (χ0n) is 13.0. The van der Waals surface area contributed by atoms with E-state index in [9.17, 15) is 14.7 Å². The maximum Gasteiger partial charge on any atom is 0.250 e. The van der Waals surface area contributed by atoms with Crippen molar-refractivity contribution < 1.29 is 14.7 Å². The SMILES string of the molecule is C[C@H](C(=O)N(C)Cc1ccccc1)N1CC[C@](O)(C(N)=O)C1. The number of benzene rings is 1. The van der Waals surface area contributed by atoms with Gasteiger partial charge in [-0.05, 0) is 18.9 Å². The molecule has 0 radical (unpaired) electrons. The van der Waals surface area contributed by atoms with Gasteiger partial charge in [-0.3, -0.25) is 14.5 Å². The van der Waals surface area contributed by atoms with Crippen LogP contribution >= 0.6 is 0 Å². The van der Waals surface area contributed by atoms with Gasteiger partial charge in [0.25, 0.3) is 5.91 Å². The van der Waals surface area contributed by atoms with Crippen LogP contribution in [0.4, 0.5) is 0 Å². The molecule has 0 bridgehead atoms. The fraction of sp³-hybridized carbons (Fsp3) is 0.500. The Bertz CT molecular complexity index is 549. The van der Waals surface area contributed by atoms with E-state index in [1.165, 1.54) is 0 Å². The molecule has 1 fully saturated rings. The van der Waals surface area contributed by atoms with Crippen LogP contribution in [0.25, 0.3) is 0 Å². The molecule has 120 valence electrons. The Morgan fingerprint density at radius 1 is 1.41 bits per heavy atom. The maximum absolute atomic E-state index is 12.5.